The molecular formula is C30H40ClO7P. The summed E-state index contributed by atoms with van der Waals surface area (Å²) in [5.41, 5.74) is 2.90. The molecule has 3 aromatic carbocycles. The quantitative estimate of drug-likeness (QED) is 0.165. The molecular weight excluding hydrogens is 539 g/mol. The molecule has 0 fully saturated rings. The Hall–Kier alpha value is -2.54. The number of aryl methyl sites for hydroxylation is 2. The minimum absolute atomic E-state index is 0.00157. The average molecular weight is 579 g/mol. The molecule has 0 aliphatic heterocycles. The monoisotopic (exact) mass is 578 g/mol. The van der Waals surface area contributed by atoms with Crippen molar-refractivity contribution in [3.8, 4) is 17.2 Å². The van der Waals surface area contributed by atoms with Crippen molar-refractivity contribution in [2.75, 3.05) is 19.1 Å². The van der Waals surface area contributed by atoms with Gasteiger partial charge in [0.1, 0.15) is 23.9 Å². The molecule has 0 aliphatic rings. The van der Waals surface area contributed by atoms with Crippen molar-refractivity contribution < 1.29 is 33.4 Å². The lowest BCUT2D eigenvalue weighted by Crippen LogP contribution is -2.16. The SMILES string of the molecule is CCCc1ccc(OCP(=O)(CCCc2ccccc2)OCl)cc1.CC[C@H](O)COc1ccc(O)c(CO)c1. The fourth-order valence-electron chi connectivity index (χ4n) is 3.59. The van der Waals surface area contributed by atoms with E-state index in [0.29, 0.717) is 29.6 Å². The fraction of sp³-hybridized carbons (Fsp3) is 0.400. The molecule has 3 aromatic rings. The predicted octanol–water partition coefficient (Wildman–Crippen LogP) is 7.09. The first-order valence-corrected chi connectivity index (χ1v) is 15.5. The van der Waals surface area contributed by atoms with Gasteiger partial charge in [-0.15, -0.1) is 0 Å². The summed E-state index contributed by atoms with van der Waals surface area (Å²) >= 11 is 5.48. The van der Waals surface area contributed by atoms with Crippen LogP contribution in [0, 0.1) is 0 Å². The van der Waals surface area contributed by atoms with Gasteiger partial charge in [-0.3, -0.25) is 4.57 Å². The number of ether oxygens (including phenoxy) is 2. The molecule has 0 aromatic heterocycles. The molecule has 1 unspecified atom stereocenters. The molecule has 0 spiro atoms. The van der Waals surface area contributed by atoms with Gasteiger partial charge in [0, 0.05) is 11.7 Å². The van der Waals surface area contributed by atoms with Crippen LogP contribution in [-0.2, 0) is 28.1 Å². The Kier molecular flexibility index (Phi) is 15.0. The maximum atomic E-state index is 12.6. The number of rotatable bonds is 15. The third-order valence-electron chi connectivity index (χ3n) is 5.96. The van der Waals surface area contributed by atoms with E-state index in [1.807, 2.05) is 49.4 Å². The standard InChI is InChI=1S/C19H24ClO3P.C11H16O4/c1-2-7-17-11-13-19(14-12-17)22-16-24(21,23-20)15-6-10-18-8-4-3-5-9-18;1-2-9(13)7-15-10-3-4-11(14)8(5-10)6-12/h3-5,8-9,11-14H,2,6-7,10,15-16H2,1H3;3-5,9,12-14H,2,6-7H2,1H3/t;9-/m.0/s1. The molecule has 0 amide bonds. The number of phenols is 1. The topological polar surface area (TPSA) is 105 Å². The molecule has 0 saturated heterocycles. The molecule has 0 radical (unpaired) electrons. The summed E-state index contributed by atoms with van der Waals surface area (Å²) in [5, 5.41) is 27.5. The number of hydrogen-bond donors (Lipinski definition) is 3. The van der Waals surface area contributed by atoms with Gasteiger partial charge in [-0.2, -0.15) is 0 Å². The zero-order chi connectivity index (χ0) is 28.5. The minimum atomic E-state index is -2.98. The number of aromatic hydroxyl groups is 1. The van der Waals surface area contributed by atoms with Gasteiger partial charge in [0.05, 0.1) is 24.6 Å². The van der Waals surface area contributed by atoms with Crippen LogP contribution in [0.3, 0.4) is 0 Å². The highest BCUT2D eigenvalue weighted by atomic mass is 35.5. The van der Waals surface area contributed by atoms with Crippen LogP contribution >= 0.6 is 19.2 Å². The van der Waals surface area contributed by atoms with Crippen molar-refractivity contribution in [2.45, 2.75) is 58.7 Å². The summed E-state index contributed by atoms with van der Waals surface area (Å²) in [6.45, 7) is 3.99. The molecule has 3 rings (SSSR count). The van der Waals surface area contributed by atoms with Crippen LogP contribution in [-0.4, -0.2) is 40.5 Å². The van der Waals surface area contributed by atoms with E-state index >= 15 is 0 Å². The highest BCUT2D eigenvalue weighted by Gasteiger charge is 2.24. The number of hydrogen-bond acceptors (Lipinski definition) is 7. The Morgan fingerprint density at radius 1 is 0.897 bits per heavy atom. The summed E-state index contributed by atoms with van der Waals surface area (Å²) in [6, 6.07) is 22.5. The van der Waals surface area contributed by atoms with E-state index in [1.165, 1.54) is 17.2 Å². The molecule has 9 heteroatoms. The van der Waals surface area contributed by atoms with Crippen LogP contribution in [0.4, 0.5) is 0 Å². The summed E-state index contributed by atoms with van der Waals surface area (Å²) in [4.78, 5) is 0. The van der Waals surface area contributed by atoms with Gasteiger partial charge in [-0.25, -0.2) is 4.08 Å². The van der Waals surface area contributed by atoms with Gasteiger partial charge in [0.2, 0.25) is 0 Å². The second kappa shape index (κ2) is 17.9. The van der Waals surface area contributed by atoms with Gasteiger partial charge in [-0.1, -0.05) is 62.7 Å². The Labute approximate surface area is 237 Å². The Balaban J connectivity index is 0.000000306. The van der Waals surface area contributed by atoms with Crippen molar-refractivity contribution in [3.63, 3.8) is 0 Å². The molecule has 0 bridgehead atoms. The molecule has 214 valence electrons. The molecule has 0 heterocycles. The van der Waals surface area contributed by atoms with Crippen molar-refractivity contribution in [3.05, 3.63) is 89.5 Å². The molecule has 0 saturated carbocycles. The molecule has 0 aliphatic carbocycles. The summed E-state index contributed by atoms with van der Waals surface area (Å²) in [7, 11) is -2.98. The molecule has 3 N–H and O–H groups in total. The lowest BCUT2D eigenvalue weighted by Gasteiger charge is -2.15. The smallest absolute Gasteiger partial charge is 0.256 e. The molecule has 2 atom stereocenters. The molecule has 39 heavy (non-hydrogen) atoms. The van der Waals surface area contributed by atoms with Crippen molar-refractivity contribution in [1.29, 1.82) is 0 Å². The van der Waals surface area contributed by atoms with E-state index in [-0.39, 0.29) is 25.3 Å². The highest BCUT2D eigenvalue weighted by molar-refractivity contribution is 7.59. The van der Waals surface area contributed by atoms with Gasteiger partial charge < -0.3 is 24.8 Å². The molecule has 7 nitrogen and oxygen atoms in total. The first kappa shape index (κ1) is 32.7. The normalized spacial score (nSPS) is 13.1. The maximum Gasteiger partial charge on any atom is 0.256 e. The third-order valence-corrected chi connectivity index (χ3v) is 8.48. The average Bonchev–Trinajstić information content (AvgIpc) is 2.97. The second-order valence-electron chi connectivity index (χ2n) is 9.19. The second-order valence-corrected chi connectivity index (χ2v) is 12.1. The summed E-state index contributed by atoms with van der Waals surface area (Å²) in [6.07, 6.45) is 4.28. The van der Waals surface area contributed by atoms with Crippen LogP contribution in [0.15, 0.2) is 72.8 Å². The number of aliphatic hydroxyl groups excluding tert-OH is 2. The van der Waals surface area contributed by atoms with Crippen LogP contribution in [0.5, 0.6) is 17.2 Å². The Morgan fingerprint density at radius 2 is 1.56 bits per heavy atom. The number of benzene rings is 3. The zero-order valence-electron chi connectivity index (χ0n) is 22.7. The highest BCUT2D eigenvalue weighted by Crippen LogP contribution is 2.49. The van der Waals surface area contributed by atoms with Crippen molar-refractivity contribution in [2.24, 2.45) is 0 Å². The van der Waals surface area contributed by atoms with E-state index in [4.69, 9.17) is 30.5 Å². The predicted molar refractivity (Wildman–Crippen MR) is 156 cm³/mol. The fourth-order valence-corrected chi connectivity index (χ4v) is 5.14. The maximum absolute atomic E-state index is 12.6. The van der Waals surface area contributed by atoms with E-state index in [2.05, 4.69) is 19.1 Å². The first-order valence-electron chi connectivity index (χ1n) is 13.2. The number of halogens is 1. The van der Waals surface area contributed by atoms with Crippen molar-refractivity contribution in [1.82, 2.24) is 0 Å². The van der Waals surface area contributed by atoms with Gasteiger partial charge in [-0.05, 0) is 67.1 Å². The van der Waals surface area contributed by atoms with Crippen LogP contribution in [0.25, 0.3) is 0 Å². The van der Waals surface area contributed by atoms with Crippen molar-refractivity contribution >= 4 is 19.2 Å². The first-order chi connectivity index (χ1) is 18.8. The van der Waals surface area contributed by atoms with Crippen LogP contribution in [0.2, 0.25) is 0 Å². The zero-order valence-corrected chi connectivity index (χ0v) is 24.3. The van der Waals surface area contributed by atoms with E-state index in [0.717, 1.165) is 25.7 Å². The van der Waals surface area contributed by atoms with E-state index in [9.17, 15) is 14.8 Å². The Bertz CT molecular complexity index is 1130. The summed E-state index contributed by atoms with van der Waals surface area (Å²) < 4.78 is 28.3. The van der Waals surface area contributed by atoms with Gasteiger partial charge in [0.25, 0.3) is 7.37 Å². The summed E-state index contributed by atoms with van der Waals surface area (Å²) in [5.74, 6) is 1.26. The number of aliphatic hydroxyl groups is 2. The van der Waals surface area contributed by atoms with Crippen LogP contribution in [0.1, 0.15) is 49.8 Å². The minimum Gasteiger partial charge on any atom is -0.508 e. The van der Waals surface area contributed by atoms with Gasteiger partial charge >= 0.3 is 0 Å². The third kappa shape index (κ3) is 12.5. The largest absolute Gasteiger partial charge is 0.508 e. The van der Waals surface area contributed by atoms with Crippen LogP contribution < -0.4 is 9.47 Å². The lowest BCUT2D eigenvalue weighted by atomic mass is 10.1. The van der Waals surface area contributed by atoms with Gasteiger partial charge in [0.15, 0.2) is 6.35 Å². The van der Waals surface area contributed by atoms with E-state index in [1.54, 1.807) is 12.1 Å². The lowest BCUT2D eigenvalue weighted by molar-refractivity contribution is 0.104. The van der Waals surface area contributed by atoms with E-state index < -0.39 is 13.5 Å². The Morgan fingerprint density at radius 3 is 2.18 bits per heavy atom.